The number of rotatable bonds is 15. The number of pyridine rings is 1. The first kappa shape index (κ1) is 36.9. The van der Waals surface area contributed by atoms with Crippen molar-refractivity contribution in [2.75, 3.05) is 27.3 Å². The fourth-order valence-electron chi connectivity index (χ4n) is 7.95. The van der Waals surface area contributed by atoms with E-state index in [0.29, 0.717) is 19.0 Å². The molecule has 0 spiro atoms. The summed E-state index contributed by atoms with van der Waals surface area (Å²) in [7, 11) is 3.22. The van der Waals surface area contributed by atoms with Crippen LogP contribution in [0.25, 0.3) is 54.9 Å². The van der Waals surface area contributed by atoms with Crippen molar-refractivity contribution in [1.29, 1.82) is 0 Å². The van der Waals surface area contributed by atoms with Crippen molar-refractivity contribution in [2.24, 2.45) is 17.6 Å². The first-order valence-corrected chi connectivity index (χ1v) is 19.0. The van der Waals surface area contributed by atoms with E-state index in [1.165, 1.54) is 0 Å². The Hall–Kier alpha value is -4.46. The molecule has 0 radical (unpaired) electrons. The highest BCUT2D eigenvalue weighted by Gasteiger charge is 2.37. The van der Waals surface area contributed by atoms with Gasteiger partial charge in [0.15, 0.2) is 0 Å². The molecular formula is C41H53N9O3. The number of fused-ring (bicyclic) bond motifs is 6. The van der Waals surface area contributed by atoms with Crippen molar-refractivity contribution in [3.8, 4) is 11.1 Å². The van der Waals surface area contributed by atoms with Crippen molar-refractivity contribution in [1.82, 2.24) is 40.8 Å². The predicted octanol–water partition coefficient (Wildman–Crippen LogP) is 7.03. The van der Waals surface area contributed by atoms with E-state index >= 15 is 0 Å². The monoisotopic (exact) mass is 719 g/mol. The van der Waals surface area contributed by atoms with E-state index in [1.807, 2.05) is 24.9 Å². The number of aromatic nitrogens is 5. The van der Waals surface area contributed by atoms with Crippen LogP contribution in [0.1, 0.15) is 83.4 Å². The number of H-pyrrole nitrogens is 2. The second kappa shape index (κ2) is 15.9. The van der Waals surface area contributed by atoms with E-state index in [4.69, 9.17) is 30.4 Å². The Kier molecular flexibility index (Phi) is 11.0. The lowest BCUT2D eigenvalue weighted by Crippen LogP contribution is -2.48. The topological polar surface area (TPSA) is 159 Å². The van der Waals surface area contributed by atoms with Crippen molar-refractivity contribution >= 4 is 49.6 Å². The summed E-state index contributed by atoms with van der Waals surface area (Å²) in [6.45, 7) is 9.80. The first-order chi connectivity index (χ1) is 25.7. The molecule has 12 heteroatoms. The average molecular weight is 720 g/mol. The van der Waals surface area contributed by atoms with Gasteiger partial charge in [-0.15, -0.1) is 0 Å². The SMILES string of the molecule is CON[C@H](C(=O)N1CCC[C@H]1c1nc2ccc3cc(-c4cnc5c(ccc6nc(C(CCCN)C[C@@H](NOC)C(C)C)[nH]c65)c4)ccc3c2[nH]1)C(C)C. The maximum Gasteiger partial charge on any atom is 0.242 e. The number of aromatic amines is 2. The maximum atomic E-state index is 13.6. The zero-order chi connectivity index (χ0) is 37.2. The lowest BCUT2D eigenvalue weighted by Gasteiger charge is -2.29. The molecule has 0 saturated carbocycles. The van der Waals surface area contributed by atoms with E-state index < -0.39 is 6.04 Å². The van der Waals surface area contributed by atoms with Gasteiger partial charge < -0.3 is 30.3 Å². The molecular weight excluding hydrogens is 667 g/mol. The van der Waals surface area contributed by atoms with Gasteiger partial charge in [0.25, 0.3) is 0 Å². The summed E-state index contributed by atoms with van der Waals surface area (Å²) in [5.74, 6) is 2.53. The highest BCUT2D eigenvalue weighted by Crippen LogP contribution is 2.36. The van der Waals surface area contributed by atoms with Gasteiger partial charge in [0.2, 0.25) is 5.91 Å². The number of hydroxylamine groups is 2. The lowest BCUT2D eigenvalue weighted by molar-refractivity contribution is -0.139. The minimum Gasteiger partial charge on any atom is -0.340 e. The van der Waals surface area contributed by atoms with Crippen LogP contribution in [0.15, 0.2) is 54.7 Å². The molecule has 1 fully saturated rings. The number of likely N-dealkylation sites (tertiary alicyclic amines) is 1. The van der Waals surface area contributed by atoms with Gasteiger partial charge in [-0.3, -0.25) is 9.78 Å². The zero-order valence-electron chi connectivity index (χ0n) is 31.7. The van der Waals surface area contributed by atoms with Gasteiger partial charge in [-0.2, -0.15) is 11.0 Å². The van der Waals surface area contributed by atoms with E-state index in [1.54, 1.807) is 14.2 Å². The minimum atomic E-state index is -0.415. The van der Waals surface area contributed by atoms with Gasteiger partial charge in [-0.1, -0.05) is 52.0 Å². The summed E-state index contributed by atoms with van der Waals surface area (Å²) in [5.41, 5.74) is 18.8. The van der Waals surface area contributed by atoms with Crippen LogP contribution in [0, 0.1) is 11.8 Å². The molecule has 3 aromatic heterocycles. The largest absolute Gasteiger partial charge is 0.340 e. The third kappa shape index (κ3) is 7.39. The van der Waals surface area contributed by atoms with Gasteiger partial charge >= 0.3 is 0 Å². The van der Waals surface area contributed by atoms with Gasteiger partial charge in [-0.05, 0) is 85.7 Å². The zero-order valence-corrected chi connectivity index (χ0v) is 31.7. The number of nitrogens with zero attached hydrogens (tertiary/aromatic N) is 4. The third-order valence-electron chi connectivity index (χ3n) is 10.9. The fraction of sp³-hybridized carbons (Fsp3) is 0.463. The highest BCUT2D eigenvalue weighted by atomic mass is 16.6. The van der Waals surface area contributed by atoms with E-state index in [2.05, 4.69) is 83.3 Å². The minimum absolute atomic E-state index is 0.0407. The molecule has 0 bridgehead atoms. The van der Waals surface area contributed by atoms with E-state index in [9.17, 15) is 4.79 Å². The maximum absolute atomic E-state index is 13.6. The molecule has 53 heavy (non-hydrogen) atoms. The number of hydrogen-bond acceptors (Lipinski definition) is 9. The molecule has 12 nitrogen and oxygen atoms in total. The number of carbonyl (C=O) groups excluding carboxylic acids is 1. The van der Waals surface area contributed by atoms with Crippen LogP contribution >= 0.6 is 0 Å². The van der Waals surface area contributed by atoms with Crippen molar-refractivity contribution in [3.63, 3.8) is 0 Å². The summed E-state index contributed by atoms with van der Waals surface area (Å²) in [6.07, 6.45) is 6.51. The molecule has 1 unspecified atom stereocenters. The standard InChI is InChI=1S/C41H53N9O3/c1-23(2)33(48-52-5)21-28(9-7-17-42)39-44-32-16-13-27-20-29(22-43-36(27)38(32)47-39)25-11-14-30-26(19-25)12-15-31-37(30)46-40(45-31)34-10-8-18-50(34)41(51)35(24(3)4)49-53-6/h11-16,19-20,22-24,28,33-35,48-49H,7-10,17-18,21,42H2,1-6H3,(H,44,47)(H,45,46)/t28?,33-,34+,35+/m1/s1. The fourth-order valence-corrected chi connectivity index (χ4v) is 7.95. The Bertz CT molecular complexity index is 2210. The van der Waals surface area contributed by atoms with E-state index in [0.717, 1.165) is 98.6 Å². The second-order valence-electron chi connectivity index (χ2n) is 15.2. The number of hydrogen-bond donors (Lipinski definition) is 5. The molecule has 6 N–H and O–H groups in total. The smallest absolute Gasteiger partial charge is 0.242 e. The summed E-state index contributed by atoms with van der Waals surface area (Å²) in [5, 5.41) is 3.25. The molecule has 4 atom stereocenters. The quantitative estimate of drug-likeness (QED) is 0.0702. The van der Waals surface area contributed by atoms with Crippen LogP contribution in [0.4, 0.5) is 0 Å². The van der Waals surface area contributed by atoms with Crippen molar-refractivity contribution in [3.05, 3.63) is 66.4 Å². The molecule has 3 aromatic carbocycles. The van der Waals surface area contributed by atoms with Crippen molar-refractivity contribution < 1.29 is 14.5 Å². The Balaban J connectivity index is 1.17. The van der Waals surface area contributed by atoms with Crippen LogP contribution < -0.4 is 16.7 Å². The van der Waals surface area contributed by atoms with Crippen LogP contribution in [-0.2, 0) is 14.5 Å². The molecule has 1 aliphatic rings. The molecule has 1 saturated heterocycles. The summed E-state index contributed by atoms with van der Waals surface area (Å²) in [6, 6.07) is 16.8. The number of nitrogens with one attached hydrogen (secondary N) is 4. The summed E-state index contributed by atoms with van der Waals surface area (Å²) >= 11 is 0. The molecule has 280 valence electrons. The Morgan fingerprint density at radius 3 is 2.42 bits per heavy atom. The third-order valence-corrected chi connectivity index (χ3v) is 10.9. The van der Waals surface area contributed by atoms with Crippen LogP contribution in [-0.4, -0.2) is 75.1 Å². The molecule has 7 rings (SSSR count). The second-order valence-corrected chi connectivity index (χ2v) is 15.2. The van der Waals surface area contributed by atoms with Gasteiger partial charge in [0.1, 0.15) is 17.7 Å². The van der Waals surface area contributed by atoms with Gasteiger partial charge in [0, 0.05) is 41.0 Å². The number of nitrogens with two attached hydrogens (primary N) is 1. The summed E-state index contributed by atoms with van der Waals surface area (Å²) in [4.78, 5) is 48.3. The van der Waals surface area contributed by atoms with Crippen LogP contribution in [0.5, 0.6) is 0 Å². The molecule has 0 aliphatic carbocycles. The Morgan fingerprint density at radius 1 is 0.925 bits per heavy atom. The first-order valence-electron chi connectivity index (χ1n) is 19.0. The average Bonchev–Trinajstić information content (AvgIpc) is 3.93. The summed E-state index contributed by atoms with van der Waals surface area (Å²) < 4.78 is 0. The van der Waals surface area contributed by atoms with Gasteiger partial charge in [-0.25, -0.2) is 9.97 Å². The molecule has 1 amide bonds. The highest BCUT2D eigenvalue weighted by molar-refractivity contribution is 6.06. The lowest BCUT2D eigenvalue weighted by atomic mass is 9.89. The van der Waals surface area contributed by atoms with Crippen LogP contribution in [0.3, 0.4) is 0 Å². The normalized spacial score (nSPS) is 16.9. The van der Waals surface area contributed by atoms with Crippen molar-refractivity contribution in [2.45, 2.75) is 83.8 Å². The van der Waals surface area contributed by atoms with Gasteiger partial charge in [0.05, 0.1) is 47.8 Å². The van der Waals surface area contributed by atoms with E-state index in [-0.39, 0.29) is 29.8 Å². The number of imidazole rings is 2. The number of carbonyl (C=O) groups is 1. The Morgan fingerprint density at radius 2 is 1.68 bits per heavy atom. The number of benzene rings is 3. The number of amides is 1. The molecule has 1 aliphatic heterocycles. The Labute approximate surface area is 310 Å². The molecule has 4 heterocycles. The van der Waals surface area contributed by atoms with Crippen LogP contribution in [0.2, 0.25) is 0 Å². The predicted molar refractivity (Wildman–Crippen MR) is 211 cm³/mol. The molecule has 6 aromatic rings.